The van der Waals surface area contributed by atoms with E-state index in [2.05, 4.69) is 17.6 Å². The van der Waals surface area contributed by atoms with Crippen LogP contribution in [0.15, 0.2) is 12.3 Å². The van der Waals surface area contributed by atoms with Crippen molar-refractivity contribution in [3.05, 3.63) is 23.0 Å². The van der Waals surface area contributed by atoms with Crippen LogP contribution in [0.5, 0.6) is 0 Å². The van der Waals surface area contributed by atoms with Crippen LogP contribution in [-0.4, -0.2) is 29.1 Å². The monoisotopic (exact) mass is 255 g/mol. The zero-order valence-electron chi connectivity index (χ0n) is 10.2. The van der Waals surface area contributed by atoms with Crippen LogP contribution in [0.25, 0.3) is 0 Å². The Morgan fingerprint density at radius 2 is 2.18 bits per heavy atom. The largest absolute Gasteiger partial charge is 0.346 e. The number of nitrogens with zero attached hydrogens (tertiary/aromatic N) is 1. The summed E-state index contributed by atoms with van der Waals surface area (Å²) in [7, 11) is 1.82. The third-order valence-corrected chi connectivity index (χ3v) is 3.53. The number of piperidine rings is 1. The normalized spacial score (nSPS) is 19.0. The molecule has 17 heavy (non-hydrogen) atoms. The Morgan fingerprint density at radius 1 is 1.53 bits per heavy atom. The van der Waals surface area contributed by atoms with Crippen LogP contribution in [0.1, 0.15) is 30.3 Å². The van der Waals surface area contributed by atoms with E-state index in [1.165, 1.54) is 0 Å². The van der Waals surface area contributed by atoms with Crippen molar-refractivity contribution >= 4 is 17.5 Å². The van der Waals surface area contributed by atoms with Gasteiger partial charge >= 0.3 is 0 Å². The lowest BCUT2D eigenvalue weighted by atomic mass is 9.90. The highest BCUT2D eigenvalue weighted by atomic mass is 35.5. The first-order chi connectivity index (χ1) is 8.00. The molecule has 94 valence electrons. The van der Waals surface area contributed by atoms with Crippen molar-refractivity contribution in [1.29, 1.82) is 0 Å². The quantitative estimate of drug-likeness (QED) is 0.842. The lowest BCUT2D eigenvalue weighted by Gasteiger charge is -2.34. The molecule has 1 aromatic heterocycles. The molecule has 1 aliphatic rings. The van der Waals surface area contributed by atoms with Gasteiger partial charge in [-0.1, -0.05) is 11.6 Å². The van der Waals surface area contributed by atoms with Gasteiger partial charge in [-0.05, 0) is 38.9 Å². The Hall–Kier alpha value is -1.00. The molecule has 0 aromatic carbocycles. The fourth-order valence-electron chi connectivity index (χ4n) is 2.19. The van der Waals surface area contributed by atoms with Gasteiger partial charge in [-0.15, -0.1) is 0 Å². The van der Waals surface area contributed by atoms with Crippen molar-refractivity contribution in [1.82, 2.24) is 15.2 Å². The van der Waals surface area contributed by atoms with E-state index in [0.717, 1.165) is 25.9 Å². The number of carbonyl (C=O) groups is 1. The molecule has 2 N–H and O–H groups in total. The Labute approximate surface area is 106 Å². The Balaban J connectivity index is 2.08. The van der Waals surface area contributed by atoms with E-state index < -0.39 is 0 Å². The van der Waals surface area contributed by atoms with Gasteiger partial charge in [0.15, 0.2) is 0 Å². The van der Waals surface area contributed by atoms with E-state index >= 15 is 0 Å². The number of aryl methyl sites for hydroxylation is 1. The number of halogens is 1. The maximum Gasteiger partial charge on any atom is 0.268 e. The summed E-state index contributed by atoms with van der Waals surface area (Å²) >= 11 is 5.88. The number of hydrogen-bond acceptors (Lipinski definition) is 2. The number of hydrogen-bond donors (Lipinski definition) is 2. The molecule has 2 heterocycles. The zero-order valence-corrected chi connectivity index (χ0v) is 11.0. The molecule has 0 spiro atoms. The lowest BCUT2D eigenvalue weighted by molar-refractivity contribution is 0.0879. The van der Waals surface area contributed by atoms with Crippen LogP contribution in [-0.2, 0) is 7.05 Å². The van der Waals surface area contributed by atoms with E-state index in [1.807, 2.05) is 7.05 Å². The van der Waals surface area contributed by atoms with Crippen molar-refractivity contribution in [2.24, 2.45) is 7.05 Å². The first-order valence-electron chi connectivity index (χ1n) is 5.85. The smallest absolute Gasteiger partial charge is 0.268 e. The van der Waals surface area contributed by atoms with Gasteiger partial charge in [0.05, 0.1) is 5.02 Å². The molecule has 4 nitrogen and oxygen atoms in total. The number of aromatic nitrogens is 1. The minimum Gasteiger partial charge on any atom is -0.346 e. The predicted octanol–water partition coefficient (Wildman–Crippen LogP) is 1.55. The molecule has 0 aliphatic carbocycles. The Bertz CT molecular complexity index is 421. The van der Waals surface area contributed by atoms with Crippen LogP contribution >= 0.6 is 11.6 Å². The topological polar surface area (TPSA) is 46.1 Å². The maximum absolute atomic E-state index is 12.1. The van der Waals surface area contributed by atoms with Crippen molar-refractivity contribution in [3.8, 4) is 0 Å². The molecule has 1 fully saturated rings. The number of nitrogens with one attached hydrogen (secondary N) is 2. The zero-order chi connectivity index (χ0) is 12.5. The molecule has 2 rings (SSSR count). The average molecular weight is 256 g/mol. The van der Waals surface area contributed by atoms with Crippen molar-refractivity contribution in [2.45, 2.75) is 25.3 Å². The molecular formula is C12H18ClN3O. The third-order valence-electron chi connectivity index (χ3n) is 3.33. The lowest BCUT2D eigenvalue weighted by Crippen LogP contribution is -2.52. The summed E-state index contributed by atoms with van der Waals surface area (Å²) in [4.78, 5) is 12.1. The highest BCUT2D eigenvalue weighted by molar-refractivity contribution is 6.31. The first-order valence-corrected chi connectivity index (χ1v) is 6.23. The second-order valence-corrected chi connectivity index (χ2v) is 5.36. The molecule has 1 aliphatic heterocycles. The summed E-state index contributed by atoms with van der Waals surface area (Å²) in [6.45, 7) is 3.99. The molecule has 5 heteroatoms. The standard InChI is InChI=1S/C12H18ClN3O/c1-12(3-5-14-6-4-12)15-11(17)10-7-9(13)8-16(10)2/h7-8,14H,3-6H2,1-2H3,(H,15,17). The molecule has 0 radical (unpaired) electrons. The second kappa shape index (κ2) is 4.70. The van der Waals surface area contributed by atoms with E-state index in [1.54, 1.807) is 16.8 Å². The average Bonchev–Trinajstić information content (AvgIpc) is 2.58. The van der Waals surface area contributed by atoms with Gasteiger partial charge in [0, 0.05) is 18.8 Å². The summed E-state index contributed by atoms with van der Waals surface area (Å²) < 4.78 is 1.75. The third kappa shape index (κ3) is 2.82. The number of carbonyl (C=O) groups excluding carboxylic acids is 1. The molecule has 0 atom stereocenters. The molecule has 0 saturated carbocycles. The van der Waals surface area contributed by atoms with Gasteiger partial charge in [-0.25, -0.2) is 0 Å². The molecular weight excluding hydrogens is 238 g/mol. The van der Waals surface area contributed by atoms with Gasteiger partial charge in [0.1, 0.15) is 5.69 Å². The van der Waals surface area contributed by atoms with E-state index in [4.69, 9.17) is 11.6 Å². The van der Waals surface area contributed by atoms with Gasteiger partial charge in [0.25, 0.3) is 5.91 Å². The van der Waals surface area contributed by atoms with Crippen molar-refractivity contribution in [2.75, 3.05) is 13.1 Å². The summed E-state index contributed by atoms with van der Waals surface area (Å²) in [6.07, 6.45) is 3.65. The predicted molar refractivity (Wildman–Crippen MR) is 68.4 cm³/mol. The molecule has 1 aromatic rings. The molecule has 1 saturated heterocycles. The SMILES string of the molecule is Cn1cc(Cl)cc1C(=O)NC1(C)CCNCC1. The number of rotatable bonds is 2. The highest BCUT2D eigenvalue weighted by Gasteiger charge is 2.29. The fraction of sp³-hybridized carbons (Fsp3) is 0.583. The van der Waals surface area contributed by atoms with Gasteiger partial charge < -0.3 is 15.2 Å². The van der Waals surface area contributed by atoms with Gasteiger partial charge in [-0.3, -0.25) is 4.79 Å². The van der Waals surface area contributed by atoms with E-state index in [-0.39, 0.29) is 11.4 Å². The van der Waals surface area contributed by atoms with Crippen LogP contribution in [0.3, 0.4) is 0 Å². The second-order valence-electron chi connectivity index (χ2n) is 4.92. The van der Waals surface area contributed by atoms with E-state index in [9.17, 15) is 4.79 Å². The van der Waals surface area contributed by atoms with E-state index in [0.29, 0.717) is 10.7 Å². The van der Waals surface area contributed by atoms with Crippen LogP contribution in [0, 0.1) is 0 Å². The van der Waals surface area contributed by atoms with Gasteiger partial charge in [-0.2, -0.15) is 0 Å². The summed E-state index contributed by atoms with van der Waals surface area (Å²) in [5, 5.41) is 6.99. The van der Waals surface area contributed by atoms with Gasteiger partial charge in [0.2, 0.25) is 0 Å². The van der Waals surface area contributed by atoms with Crippen molar-refractivity contribution in [3.63, 3.8) is 0 Å². The number of amides is 1. The minimum atomic E-state index is -0.112. The summed E-state index contributed by atoms with van der Waals surface area (Å²) in [5.41, 5.74) is 0.494. The van der Waals surface area contributed by atoms with Crippen LogP contribution < -0.4 is 10.6 Å². The summed E-state index contributed by atoms with van der Waals surface area (Å²) in [6, 6.07) is 1.70. The Kier molecular flexibility index (Phi) is 3.45. The maximum atomic E-state index is 12.1. The molecule has 0 bridgehead atoms. The fourth-order valence-corrected chi connectivity index (χ4v) is 2.44. The summed E-state index contributed by atoms with van der Waals surface area (Å²) in [5.74, 6) is -0.0520. The Morgan fingerprint density at radius 3 is 2.71 bits per heavy atom. The van der Waals surface area contributed by atoms with Crippen molar-refractivity contribution < 1.29 is 4.79 Å². The highest BCUT2D eigenvalue weighted by Crippen LogP contribution is 2.19. The van der Waals surface area contributed by atoms with Crippen LogP contribution in [0.2, 0.25) is 5.02 Å². The molecule has 0 unspecified atom stereocenters. The molecule has 1 amide bonds. The first kappa shape index (κ1) is 12.5. The minimum absolute atomic E-state index is 0.0520. The van der Waals surface area contributed by atoms with Crippen LogP contribution in [0.4, 0.5) is 0 Å².